The molecule has 2 N–H and O–H groups in total. The van der Waals surface area contributed by atoms with Crippen LogP contribution in [0.25, 0.3) is 0 Å². The highest BCUT2D eigenvalue weighted by atomic mass is 35.5. The average Bonchev–Trinajstić information content (AvgIpc) is 2.93. The first-order valence-corrected chi connectivity index (χ1v) is 9.17. The summed E-state index contributed by atoms with van der Waals surface area (Å²) in [6.07, 6.45) is 6.46. The van der Waals surface area contributed by atoms with E-state index >= 15 is 0 Å². The van der Waals surface area contributed by atoms with Gasteiger partial charge in [-0.25, -0.2) is 0 Å². The summed E-state index contributed by atoms with van der Waals surface area (Å²) < 4.78 is 0. The van der Waals surface area contributed by atoms with E-state index in [9.17, 15) is 4.79 Å². The number of carbonyl (C=O) groups excluding carboxylic acids is 1. The molecule has 0 bridgehead atoms. The van der Waals surface area contributed by atoms with Gasteiger partial charge in [-0.3, -0.25) is 4.79 Å². The summed E-state index contributed by atoms with van der Waals surface area (Å²) in [5.41, 5.74) is 1.50. The smallest absolute Gasteiger partial charge is 0.253 e. The Labute approximate surface area is 136 Å². The molecule has 1 saturated carbocycles. The van der Waals surface area contributed by atoms with E-state index in [0.717, 1.165) is 31.5 Å². The lowest BCUT2D eigenvalue weighted by Crippen LogP contribution is -2.33. The number of benzene rings is 1. The van der Waals surface area contributed by atoms with Crippen LogP contribution in [0.4, 0.5) is 5.69 Å². The number of rotatable bonds is 6. The first kappa shape index (κ1) is 16.5. The van der Waals surface area contributed by atoms with Crippen molar-refractivity contribution in [2.24, 2.45) is 0 Å². The molecule has 1 aromatic carbocycles. The van der Waals surface area contributed by atoms with Crippen molar-refractivity contribution in [3.63, 3.8) is 0 Å². The predicted molar refractivity (Wildman–Crippen MR) is 92.6 cm³/mol. The summed E-state index contributed by atoms with van der Waals surface area (Å²) >= 11 is 7.94. The lowest BCUT2D eigenvalue weighted by atomic mass is 10.1. The maximum atomic E-state index is 12.5. The molecule has 1 fully saturated rings. The quantitative estimate of drug-likeness (QED) is 0.824. The van der Waals surface area contributed by atoms with Crippen LogP contribution in [0.15, 0.2) is 18.2 Å². The molecule has 116 valence electrons. The van der Waals surface area contributed by atoms with Crippen LogP contribution >= 0.6 is 23.4 Å². The zero-order chi connectivity index (χ0) is 15.2. The summed E-state index contributed by atoms with van der Waals surface area (Å²) in [5.74, 6) is -0.0251. The Kier molecular flexibility index (Phi) is 6.24. The van der Waals surface area contributed by atoms with Gasteiger partial charge in [-0.2, -0.15) is 11.8 Å². The number of amides is 1. The number of hydrogen-bond acceptors (Lipinski definition) is 3. The van der Waals surface area contributed by atoms with E-state index in [-0.39, 0.29) is 11.9 Å². The van der Waals surface area contributed by atoms with Crippen molar-refractivity contribution in [2.75, 3.05) is 18.1 Å². The number of thioether (sulfide) groups is 1. The van der Waals surface area contributed by atoms with E-state index in [1.54, 1.807) is 6.07 Å². The van der Waals surface area contributed by atoms with Gasteiger partial charge in [-0.15, -0.1) is 0 Å². The highest BCUT2D eigenvalue weighted by Crippen LogP contribution is 2.29. The van der Waals surface area contributed by atoms with Crippen LogP contribution in [-0.4, -0.2) is 30.0 Å². The van der Waals surface area contributed by atoms with Crippen molar-refractivity contribution in [2.45, 2.75) is 43.9 Å². The molecule has 1 aromatic rings. The Hall–Kier alpha value is -0.870. The molecule has 1 amide bonds. The molecule has 0 aromatic heterocycles. The zero-order valence-corrected chi connectivity index (χ0v) is 14.2. The summed E-state index contributed by atoms with van der Waals surface area (Å²) in [6.45, 7) is 2.95. The fraction of sp³-hybridized carbons (Fsp3) is 0.562. The minimum Gasteiger partial charge on any atom is -0.384 e. The van der Waals surface area contributed by atoms with E-state index in [0.29, 0.717) is 15.8 Å². The molecule has 5 heteroatoms. The van der Waals surface area contributed by atoms with E-state index in [1.807, 2.05) is 23.9 Å². The number of nitrogens with one attached hydrogen (secondary N) is 2. The van der Waals surface area contributed by atoms with Crippen LogP contribution in [0, 0.1) is 0 Å². The van der Waals surface area contributed by atoms with Crippen LogP contribution in [0.1, 0.15) is 43.0 Å². The van der Waals surface area contributed by atoms with Crippen LogP contribution in [0.5, 0.6) is 0 Å². The molecule has 21 heavy (non-hydrogen) atoms. The van der Waals surface area contributed by atoms with E-state index in [2.05, 4.69) is 23.8 Å². The highest BCUT2D eigenvalue weighted by molar-refractivity contribution is 7.99. The molecule has 0 saturated heterocycles. The predicted octanol–water partition coefficient (Wildman–Crippen LogP) is 4.18. The molecule has 0 heterocycles. The van der Waals surface area contributed by atoms with Gasteiger partial charge < -0.3 is 10.6 Å². The maximum absolute atomic E-state index is 12.5. The van der Waals surface area contributed by atoms with Gasteiger partial charge in [0, 0.05) is 28.5 Å². The topological polar surface area (TPSA) is 41.1 Å². The monoisotopic (exact) mass is 326 g/mol. The van der Waals surface area contributed by atoms with E-state index in [4.69, 9.17) is 11.6 Å². The standard InChI is InChI=1S/C16H23ClN2OS/c1-3-8-18-15-7-4-11(17)9-14(15)16(20)19-12-5-6-13(10-12)21-2/h4,7,9,12-13,18H,3,5-6,8,10H2,1-2H3,(H,19,20). The number of carbonyl (C=O) groups is 1. The SMILES string of the molecule is CCCNc1ccc(Cl)cc1C(=O)NC1CCC(SC)C1. The minimum atomic E-state index is -0.0251. The third-order valence-corrected chi connectivity index (χ3v) is 5.17. The van der Waals surface area contributed by atoms with Gasteiger partial charge in [0.15, 0.2) is 0 Å². The molecule has 1 aliphatic carbocycles. The van der Waals surface area contributed by atoms with Crippen LogP contribution < -0.4 is 10.6 Å². The Morgan fingerprint density at radius 1 is 1.43 bits per heavy atom. The fourth-order valence-electron chi connectivity index (χ4n) is 2.67. The van der Waals surface area contributed by atoms with Crippen molar-refractivity contribution in [3.05, 3.63) is 28.8 Å². The van der Waals surface area contributed by atoms with Crippen molar-refractivity contribution >= 4 is 35.0 Å². The van der Waals surface area contributed by atoms with Crippen LogP contribution in [0.2, 0.25) is 5.02 Å². The van der Waals surface area contributed by atoms with Crippen molar-refractivity contribution in [3.8, 4) is 0 Å². The molecule has 3 nitrogen and oxygen atoms in total. The zero-order valence-electron chi connectivity index (χ0n) is 12.6. The normalized spacial score (nSPS) is 21.3. The third-order valence-electron chi connectivity index (χ3n) is 3.84. The first-order valence-electron chi connectivity index (χ1n) is 7.51. The molecule has 0 radical (unpaired) electrons. The second-order valence-electron chi connectivity index (χ2n) is 5.46. The van der Waals surface area contributed by atoms with Gasteiger partial charge >= 0.3 is 0 Å². The second-order valence-corrected chi connectivity index (χ2v) is 7.03. The van der Waals surface area contributed by atoms with Gasteiger partial charge in [0.1, 0.15) is 0 Å². The first-order chi connectivity index (χ1) is 10.1. The lowest BCUT2D eigenvalue weighted by Gasteiger charge is -2.16. The van der Waals surface area contributed by atoms with Gasteiger partial charge in [0.05, 0.1) is 5.56 Å². The largest absolute Gasteiger partial charge is 0.384 e. The molecule has 2 rings (SSSR count). The molecule has 0 aliphatic heterocycles. The summed E-state index contributed by atoms with van der Waals surface area (Å²) in [7, 11) is 0. The maximum Gasteiger partial charge on any atom is 0.253 e. The molecular weight excluding hydrogens is 304 g/mol. The van der Waals surface area contributed by atoms with Gasteiger partial charge in [0.2, 0.25) is 0 Å². The van der Waals surface area contributed by atoms with Crippen molar-refractivity contribution in [1.82, 2.24) is 5.32 Å². The van der Waals surface area contributed by atoms with Gasteiger partial charge in [-0.1, -0.05) is 18.5 Å². The van der Waals surface area contributed by atoms with Crippen LogP contribution in [0.3, 0.4) is 0 Å². The van der Waals surface area contributed by atoms with Gasteiger partial charge in [-0.05, 0) is 50.1 Å². The molecule has 1 aliphatic rings. The van der Waals surface area contributed by atoms with Gasteiger partial charge in [0.25, 0.3) is 5.91 Å². The molecule has 0 spiro atoms. The Morgan fingerprint density at radius 2 is 2.24 bits per heavy atom. The molecular formula is C16H23ClN2OS. The number of hydrogen-bond donors (Lipinski definition) is 2. The lowest BCUT2D eigenvalue weighted by molar-refractivity contribution is 0.0939. The number of anilines is 1. The Morgan fingerprint density at radius 3 is 2.90 bits per heavy atom. The average molecular weight is 327 g/mol. The van der Waals surface area contributed by atoms with Crippen molar-refractivity contribution in [1.29, 1.82) is 0 Å². The van der Waals surface area contributed by atoms with E-state index < -0.39 is 0 Å². The number of halogens is 1. The van der Waals surface area contributed by atoms with Crippen LogP contribution in [-0.2, 0) is 0 Å². The fourth-order valence-corrected chi connectivity index (χ4v) is 3.64. The second kappa shape index (κ2) is 7.95. The van der Waals surface area contributed by atoms with E-state index in [1.165, 1.54) is 6.42 Å². The third kappa shape index (κ3) is 4.55. The highest BCUT2D eigenvalue weighted by Gasteiger charge is 2.26. The minimum absolute atomic E-state index is 0.0251. The Balaban J connectivity index is 2.05. The molecule has 2 atom stereocenters. The molecule has 2 unspecified atom stereocenters. The van der Waals surface area contributed by atoms with Crippen molar-refractivity contribution < 1.29 is 4.79 Å². The Bertz CT molecular complexity index is 495. The summed E-state index contributed by atoms with van der Waals surface area (Å²) in [4.78, 5) is 12.5. The summed E-state index contributed by atoms with van der Waals surface area (Å²) in [6, 6.07) is 5.73. The summed E-state index contributed by atoms with van der Waals surface area (Å²) in [5, 5.41) is 7.71.